The van der Waals surface area contributed by atoms with E-state index >= 15 is 0 Å². The number of hydrogen-bond acceptors (Lipinski definition) is 5. The smallest absolute Gasteiger partial charge is 0.326 e. The second-order valence-electron chi connectivity index (χ2n) is 3.04. The minimum absolute atomic E-state index is 0.265. The molecule has 6 heteroatoms. The Labute approximate surface area is 79.0 Å². The minimum atomic E-state index is -0.808. The maximum Gasteiger partial charge on any atom is 0.326 e. The van der Waals surface area contributed by atoms with Crippen LogP contribution in [0.3, 0.4) is 0 Å². The summed E-state index contributed by atoms with van der Waals surface area (Å²) in [7, 11) is 0. The van der Waals surface area contributed by atoms with Crippen LogP contribution < -0.4 is 5.32 Å². The summed E-state index contributed by atoms with van der Waals surface area (Å²) in [6.45, 7) is 0. The lowest BCUT2D eigenvalue weighted by Gasteiger charge is -2.11. The van der Waals surface area contributed by atoms with E-state index in [1.807, 2.05) is 0 Å². The second-order valence-corrected chi connectivity index (χ2v) is 3.82. The van der Waals surface area contributed by atoms with Gasteiger partial charge in [0.2, 0.25) is 5.13 Å². The van der Waals surface area contributed by atoms with Gasteiger partial charge < -0.3 is 10.4 Å². The predicted octanol–water partition coefficient (Wildman–Crippen LogP) is 0.813. The highest BCUT2D eigenvalue weighted by atomic mass is 32.1. The third kappa shape index (κ3) is 1.95. The maximum absolute atomic E-state index is 10.8. The summed E-state index contributed by atoms with van der Waals surface area (Å²) in [4.78, 5) is 14.7. The Morgan fingerprint density at radius 3 is 3.00 bits per heavy atom. The number of hydrogen-bond donors (Lipinski definition) is 2. The summed E-state index contributed by atoms with van der Waals surface area (Å²) >= 11 is 1.18. The van der Waals surface area contributed by atoms with E-state index in [2.05, 4.69) is 14.7 Å². The van der Waals surface area contributed by atoms with Crippen molar-refractivity contribution in [2.45, 2.75) is 18.9 Å². The van der Waals surface area contributed by atoms with Crippen molar-refractivity contribution < 1.29 is 9.90 Å². The molecule has 1 aliphatic rings. The largest absolute Gasteiger partial charge is 0.480 e. The molecule has 0 saturated heterocycles. The van der Waals surface area contributed by atoms with Crippen LogP contribution in [0.2, 0.25) is 0 Å². The molecular weight excluding hydrogens is 190 g/mol. The van der Waals surface area contributed by atoms with Crippen LogP contribution in [0.5, 0.6) is 0 Å². The first-order chi connectivity index (χ1) is 6.27. The van der Waals surface area contributed by atoms with Crippen molar-refractivity contribution >= 4 is 22.6 Å². The normalized spacial score (nSPS) is 18.2. The van der Waals surface area contributed by atoms with E-state index in [9.17, 15) is 4.79 Å². The molecule has 2 N–H and O–H groups in total. The molecule has 0 amide bonds. The Morgan fingerprint density at radius 2 is 2.54 bits per heavy atom. The Kier molecular flexibility index (Phi) is 2.13. The highest BCUT2D eigenvalue weighted by Crippen LogP contribution is 2.34. The minimum Gasteiger partial charge on any atom is -0.480 e. The van der Waals surface area contributed by atoms with Gasteiger partial charge in [-0.15, -0.1) is 0 Å². The molecule has 1 fully saturated rings. The van der Waals surface area contributed by atoms with Gasteiger partial charge in [0.05, 0.1) is 0 Å². The number of carboxylic acid groups (broad SMARTS) is 1. The molecule has 0 radical (unpaired) electrons. The first kappa shape index (κ1) is 8.43. The molecule has 1 unspecified atom stereocenters. The zero-order valence-corrected chi connectivity index (χ0v) is 7.62. The topological polar surface area (TPSA) is 75.1 Å². The molecule has 1 aromatic heterocycles. The Bertz CT molecular complexity index is 297. The Morgan fingerprint density at radius 1 is 1.77 bits per heavy atom. The number of nitrogens with zero attached hydrogens (tertiary/aromatic N) is 2. The fraction of sp³-hybridized carbons (Fsp3) is 0.571. The van der Waals surface area contributed by atoms with Crippen molar-refractivity contribution in [2.24, 2.45) is 5.92 Å². The molecule has 2 rings (SSSR count). The summed E-state index contributed by atoms with van der Waals surface area (Å²) in [5.41, 5.74) is 0. The quantitative estimate of drug-likeness (QED) is 0.750. The molecule has 70 valence electrons. The van der Waals surface area contributed by atoms with E-state index in [0.717, 1.165) is 12.8 Å². The van der Waals surface area contributed by atoms with Gasteiger partial charge in [0.25, 0.3) is 0 Å². The van der Waals surface area contributed by atoms with Crippen LogP contribution in [0.1, 0.15) is 12.8 Å². The van der Waals surface area contributed by atoms with Gasteiger partial charge in [0.15, 0.2) is 0 Å². The van der Waals surface area contributed by atoms with E-state index in [1.54, 1.807) is 0 Å². The molecule has 1 heterocycles. The maximum atomic E-state index is 10.8. The number of nitrogens with one attached hydrogen (secondary N) is 1. The summed E-state index contributed by atoms with van der Waals surface area (Å²) in [5.74, 6) is -0.542. The molecule has 0 aliphatic heterocycles. The van der Waals surface area contributed by atoms with Crippen molar-refractivity contribution in [1.82, 2.24) is 9.36 Å². The van der Waals surface area contributed by atoms with Crippen LogP contribution in [-0.4, -0.2) is 26.5 Å². The summed E-state index contributed by atoms with van der Waals surface area (Å²) in [6.07, 6.45) is 3.39. The fourth-order valence-electron chi connectivity index (χ4n) is 1.18. The number of aliphatic carboxylic acids is 1. The van der Waals surface area contributed by atoms with Gasteiger partial charge in [-0.25, -0.2) is 9.78 Å². The van der Waals surface area contributed by atoms with Gasteiger partial charge in [0.1, 0.15) is 12.4 Å². The summed E-state index contributed by atoms with van der Waals surface area (Å²) in [6, 6.07) is -0.493. The monoisotopic (exact) mass is 199 g/mol. The molecular formula is C7H9N3O2S. The molecule has 1 saturated carbocycles. The fourth-order valence-corrected chi connectivity index (χ4v) is 1.65. The van der Waals surface area contributed by atoms with Crippen LogP contribution >= 0.6 is 11.5 Å². The Hall–Kier alpha value is -1.17. The van der Waals surface area contributed by atoms with Gasteiger partial charge in [-0.1, -0.05) is 0 Å². The lowest BCUT2D eigenvalue weighted by Crippen LogP contribution is -2.31. The van der Waals surface area contributed by atoms with Gasteiger partial charge in [0, 0.05) is 11.5 Å². The second kappa shape index (κ2) is 3.29. The van der Waals surface area contributed by atoms with Crippen molar-refractivity contribution in [3.05, 3.63) is 6.33 Å². The van der Waals surface area contributed by atoms with Crippen molar-refractivity contribution in [1.29, 1.82) is 0 Å². The highest BCUT2D eigenvalue weighted by molar-refractivity contribution is 7.09. The molecule has 1 aliphatic carbocycles. The molecule has 0 aromatic carbocycles. The molecule has 13 heavy (non-hydrogen) atoms. The molecule has 0 bridgehead atoms. The average molecular weight is 199 g/mol. The lowest BCUT2D eigenvalue weighted by molar-refractivity contribution is -0.138. The lowest BCUT2D eigenvalue weighted by atomic mass is 10.2. The van der Waals surface area contributed by atoms with Crippen molar-refractivity contribution in [3.8, 4) is 0 Å². The molecule has 0 spiro atoms. The molecule has 1 aromatic rings. The number of aromatic nitrogens is 2. The van der Waals surface area contributed by atoms with Crippen LogP contribution in [0.25, 0.3) is 0 Å². The van der Waals surface area contributed by atoms with E-state index in [-0.39, 0.29) is 5.92 Å². The molecule has 5 nitrogen and oxygen atoms in total. The third-order valence-corrected chi connectivity index (χ3v) is 2.60. The van der Waals surface area contributed by atoms with Crippen LogP contribution in [-0.2, 0) is 4.79 Å². The van der Waals surface area contributed by atoms with E-state index in [0.29, 0.717) is 5.13 Å². The zero-order valence-electron chi connectivity index (χ0n) is 6.80. The van der Waals surface area contributed by atoms with Crippen molar-refractivity contribution in [3.63, 3.8) is 0 Å². The third-order valence-electron chi connectivity index (χ3n) is 2.00. The van der Waals surface area contributed by atoms with Gasteiger partial charge >= 0.3 is 5.97 Å². The average Bonchev–Trinajstić information content (AvgIpc) is 2.79. The first-order valence-corrected chi connectivity index (χ1v) is 4.81. The highest BCUT2D eigenvalue weighted by Gasteiger charge is 2.36. The van der Waals surface area contributed by atoms with Crippen LogP contribution in [0.15, 0.2) is 6.33 Å². The van der Waals surface area contributed by atoms with Gasteiger partial charge in [-0.3, -0.25) is 0 Å². The number of carboxylic acids is 1. The van der Waals surface area contributed by atoms with Gasteiger partial charge in [-0.2, -0.15) is 4.37 Å². The number of rotatable bonds is 4. The standard InChI is InChI=1S/C7H9N3O2S/c11-6(12)5(4-1-2-4)10-7-8-3-9-13-7/h3-5H,1-2H2,(H,11,12)(H,8,9,10). The van der Waals surface area contributed by atoms with Crippen LogP contribution in [0.4, 0.5) is 5.13 Å². The van der Waals surface area contributed by atoms with Crippen molar-refractivity contribution in [2.75, 3.05) is 5.32 Å². The summed E-state index contributed by atoms with van der Waals surface area (Å²) < 4.78 is 3.79. The van der Waals surface area contributed by atoms with Crippen LogP contribution in [0, 0.1) is 5.92 Å². The number of anilines is 1. The number of carbonyl (C=O) groups is 1. The van der Waals surface area contributed by atoms with E-state index < -0.39 is 12.0 Å². The SMILES string of the molecule is O=C(O)C(Nc1ncns1)C1CC1. The predicted molar refractivity (Wildman–Crippen MR) is 47.7 cm³/mol. The zero-order chi connectivity index (χ0) is 9.26. The van der Waals surface area contributed by atoms with E-state index in [4.69, 9.17) is 5.11 Å². The molecule has 1 atom stereocenters. The first-order valence-electron chi connectivity index (χ1n) is 4.03. The van der Waals surface area contributed by atoms with Gasteiger partial charge in [-0.05, 0) is 18.8 Å². The van der Waals surface area contributed by atoms with E-state index in [1.165, 1.54) is 17.9 Å². The Balaban J connectivity index is 2.01. The summed E-state index contributed by atoms with van der Waals surface area (Å²) in [5, 5.41) is 12.3.